The highest BCUT2D eigenvalue weighted by Crippen LogP contribution is 2.37. The molecule has 24 heavy (non-hydrogen) atoms. The van der Waals surface area contributed by atoms with Gasteiger partial charge in [-0.3, -0.25) is 4.79 Å². The number of amides is 1. The van der Waals surface area contributed by atoms with Crippen molar-refractivity contribution in [2.75, 3.05) is 39.5 Å². The van der Waals surface area contributed by atoms with Crippen molar-refractivity contribution in [2.24, 2.45) is 11.8 Å². The highest BCUT2D eigenvalue weighted by atomic mass is 16.5. The molecule has 0 aromatic rings. The lowest BCUT2D eigenvalue weighted by molar-refractivity contribution is -0.204. The molecule has 0 aromatic carbocycles. The first-order chi connectivity index (χ1) is 11.7. The second-order valence-corrected chi connectivity index (χ2v) is 7.87. The van der Waals surface area contributed by atoms with Gasteiger partial charge in [0, 0.05) is 38.8 Å². The molecule has 1 amide bonds. The van der Waals surface area contributed by atoms with Crippen LogP contribution in [0.25, 0.3) is 0 Å². The summed E-state index contributed by atoms with van der Waals surface area (Å²) >= 11 is 0. The normalized spacial score (nSPS) is 30.7. The number of nitrogens with zero attached hydrogens (tertiary/aromatic N) is 1. The second kappa shape index (κ2) is 7.14. The third-order valence-corrected chi connectivity index (χ3v) is 5.98. The first kappa shape index (κ1) is 16.6. The topological polar surface area (TPSA) is 48.0 Å². The molecule has 5 nitrogen and oxygen atoms in total. The molecule has 4 rings (SSSR count). The Bertz CT molecular complexity index is 472. The molecule has 3 aliphatic heterocycles. The Labute approximate surface area is 144 Å². The zero-order chi connectivity index (χ0) is 16.4. The van der Waals surface area contributed by atoms with Crippen molar-refractivity contribution in [2.45, 2.75) is 50.2 Å². The van der Waals surface area contributed by atoms with E-state index in [1.165, 1.54) is 0 Å². The van der Waals surface area contributed by atoms with E-state index in [2.05, 4.69) is 12.2 Å². The van der Waals surface area contributed by atoms with E-state index in [4.69, 9.17) is 14.2 Å². The fourth-order valence-corrected chi connectivity index (χ4v) is 4.41. The maximum Gasteiger partial charge on any atom is 0.226 e. The minimum absolute atomic E-state index is 0.139. The van der Waals surface area contributed by atoms with Gasteiger partial charge in [-0.25, -0.2) is 0 Å². The smallest absolute Gasteiger partial charge is 0.226 e. The number of carbonyl (C=O) groups is 1. The van der Waals surface area contributed by atoms with E-state index in [1.807, 2.05) is 4.90 Å². The first-order valence-electron chi connectivity index (χ1n) is 9.51. The van der Waals surface area contributed by atoms with Gasteiger partial charge in [-0.15, -0.1) is 0 Å². The molecule has 3 fully saturated rings. The summed E-state index contributed by atoms with van der Waals surface area (Å²) in [7, 11) is 0. The summed E-state index contributed by atoms with van der Waals surface area (Å²) < 4.78 is 17.7. The van der Waals surface area contributed by atoms with E-state index < -0.39 is 0 Å². The molecule has 0 radical (unpaired) electrons. The number of ether oxygens (including phenoxy) is 3. The highest BCUT2D eigenvalue weighted by molar-refractivity contribution is 5.80. The third kappa shape index (κ3) is 3.53. The van der Waals surface area contributed by atoms with Crippen LogP contribution in [0.1, 0.15) is 38.5 Å². The van der Waals surface area contributed by atoms with Gasteiger partial charge in [-0.1, -0.05) is 12.2 Å². The Hall–Kier alpha value is -0.910. The molecule has 3 heterocycles. The van der Waals surface area contributed by atoms with Crippen LogP contribution in [-0.2, 0) is 19.0 Å². The van der Waals surface area contributed by atoms with Crippen LogP contribution in [0.3, 0.4) is 0 Å². The number of allylic oxidation sites excluding steroid dienone is 2. The van der Waals surface area contributed by atoms with E-state index in [9.17, 15) is 4.79 Å². The molecule has 1 spiro atoms. The largest absolute Gasteiger partial charge is 0.381 e. The molecule has 4 aliphatic rings. The Morgan fingerprint density at radius 3 is 2.62 bits per heavy atom. The van der Waals surface area contributed by atoms with Crippen molar-refractivity contribution in [1.82, 2.24) is 4.90 Å². The van der Waals surface area contributed by atoms with Gasteiger partial charge in [-0.05, 0) is 38.0 Å². The van der Waals surface area contributed by atoms with Crippen LogP contribution in [-0.4, -0.2) is 62.0 Å². The van der Waals surface area contributed by atoms with E-state index >= 15 is 0 Å². The van der Waals surface area contributed by atoms with E-state index in [1.54, 1.807) is 0 Å². The van der Waals surface area contributed by atoms with Gasteiger partial charge in [0.25, 0.3) is 0 Å². The third-order valence-electron chi connectivity index (χ3n) is 5.98. The SMILES string of the molecule is O=C(C1CC=CC1)N1CC2(C[C@@H](OCC3CCOCC3)CCO2)C1. The lowest BCUT2D eigenvalue weighted by atomic mass is 9.83. The standard InChI is InChI=1S/C19H29NO4/c21-18(16-3-1-2-4-16)20-13-19(14-20)11-17(7-10-24-19)23-12-15-5-8-22-9-6-15/h1-2,15-17H,3-14H2/t17-/m0/s1. The van der Waals surface area contributed by atoms with Crippen LogP contribution in [0.2, 0.25) is 0 Å². The van der Waals surface area contributed by atoms with Crippen molar-refractivity contribution in [3.05, 3.63) is 12.2 Å². The summed E-state index contributed by atoms with van der Waals surface area (Å²) in [6.45, 7) is 4.85. The summed E-state index contributed by atoms with van der Waals surface area (Å²) in [4.78, 5) is 14.4. The Morgan fingerprint density at radius 2 is 1.88 bits per heavy atom. The number of likely N-dealkylation sites (tertiary alicyclic amines) is 1. The quantitative estimate of drug-likeness (QED) is 0.739. The molecular formula is C19H29NO4. The molecule has 0 N–H and O–H groups in total. The van der Waals surface area contributed by atoms with Gasteiger partial charge in [0.15, 0.2) is 0 Å². The zero-order valence-electron chi connectivity index (χ0n) is 14.5. The summed E-state index contributed by atoms with van der Waals surface area (Å²) in [5.41, 5.74) is -0.139. The predicted molar refractivity (Wildman–Crippen MR) is 89.6 cm³/mol. The molecule has 3 saturated heterocycles. The minimum Gasteiger partial charge on any atom is -0.381 e. The lowest BCUT2D eigenvalue weighted by Gasteiger charge is -2.53. The number of carbonyl (C=O) groups excluding carboxylic acids is 1. The molecule has 0 saturated carbocycles. The molecule has 1 atom stereocenters. The Kier molecular flexibility index (Phi) is 4.93. The van der Waals surface area contributed by atoms with E-state index in [0.717, 1.165) is 78.0 Å². The average Bonchev–Trinajstić information content (AvgIpc) is 3.13. The number of hydrogen-bond acceptors (Lipinski definition) is 4. The molecule has 0 bridgehead atoms. The fourth-order valence-electron chi connectivity index (χ4n) is 4.41. The van der Waals surface area contributed by atoms with Crippen LogP contribution >= 0.6 is 0 Å². The van der Waals surface area contributed by atoms with Crippen LogP contribution in [0.5, 0.6) is 0 Å². The monoisotopic (exact) mass is 335 g/mol. The van der Waals surface area contributed by atoms with Gasteiger partial charge in [0.2, 0.25) is 5.91 Å². The number of rotatable bonds is 4. The summed E-state index contributed by atoms with van der Waals surface area (Å²) in [5, 5.41) is 0. The predicted octanol–water partition coefficient (Wildman–Crippen LogP) is 2.16. The molecule has 0 aromatic heterocycles. The molecule has 134 valence electrons. The van der Waals surface area contributed by atoms with Crippen LogP contribution < -0.4 is 0 Å². The summed E-state index contributed by atoms with van der Waals surface area (Å²) in [6, 6.07) is 0. The maximum absolute atomic E-state index is 12.5. The first-order valence-corrected chi connectivity index (χ1v) is 9.51. The van der Waals surface area contributed by atoms with E-state index in [-0.39, 0.29) is 17.6 Å². The van der Waals surface area contributed by atoms with E-state index in [0.29, 0.717) is 11.8 Å². The number of hydrogen-bond donors (Lipinski definition) is 0. The van der Waals surface area contributed by atoms with Crippen LogP contribution in [0.4, 0.5) is 0 Å². The van der Waals surface area contributed by atoms with Crippen molar-refractivity contribution in [3.63, 3.8) is 0 Å². The second-order valence-electron chi connectivity index (χ2n) is 7.87. The van der Waals surface area contributed by atoms with Crippen molar-refractivity contribution >= 4 is 5.91 Å². The molecule has 1 aliphatic carbocycles. The molecule has 0 unspecified atom stereocenters. The summed E-state index contributed by atoms with van der Waals surface area (Å²) in [6.07, 6.45) is 10.5. The van der Waals surface area contributed by atoms with Gasteiger partial charge in [0.05, 0.1) is 19.2 Å². The van der Waals surface area contributed by atoms with Gasteiger partial charge in [0.1, 0.15) is 5.60 Å². The highest BCUT2D eigenvalue weighted by Gasteiger charge is 2.50. The molecular weight excluding hydrogens is 306 g/mol. The maximum atomic E-state index is 12.5. The van der Waals surface area contributed by atoms with Gasteiger partial charge >= 0.3 is 0 Å². The summed E-state index contributed by atoms with van der Waals surface area (Å²) in [5.74, 6) is 1.12. The minimum atomic E-state index is -0.139. The van der Waals surface area contributed by atoms with Crippen molar-refractivity contribution in [1.29, 1.82) is 0 Å². The fraction of sp³-hybridized carbons (Fsp3) is 0.842. The van der Waals surface area contributed by atoms with Gasteiger partial charge in [-0.2, -0.15) is 0 Å². The average molecular weight is 335 g/mol. The van der Waals surface area contributed by atoms with Gasteiger partial charge < -0.3 is 19.1 Å². The molecule has 5 heteroatoms. The van der Waals surface area contributed by atoms with Crippen LogP contribution in [0, 0.1) is 11.8 Å². The van der Waals surface area contributed by atoms with Crippen LogP contribution in [0.15, 0.2) is 12.2 Å². The van der Waals surface area contributed by atoms with Crippen molar-refractivity contribution in [3.8, 4) is 0 Å². The Morgan fingerprint density at radius 1 is 1.12 bits per heavy atom. The van der Waals surface area contributed by atoms with Crippen molar-refractivity contribution < 1.29 is 19.0 Å². The zero-order valence-corrected chi connectivity index (χ0v) is 14.5. The Balaban J connectivity index is 1.23. The lowest BCUT2D eigenvalue weighted by Crippen LogP contribution is -2.68.